The summed E-state index contributed by atoms with van der Waals surface area (Å²) in [5.41, 5.74) is 4.59. The molecule has 3 aromatic rings. The second kappa shape index (κ2) is 8.69. The topological polar surface area (TPSA) is 63.5 Å². The van der Waals surface area contributed by atoms with E-state index < -0.39 is 0 Å². The Labute approximate surface area is 200 Å². The highest BCUT2D eigenvalue weighted by molar-refractivity contribution is 5.97. The third-order valence-corrected chi connectivity index (χ3v) is 7.92. The molecule has 178 valence electrons. The standard InChI is InChI=1S/C27H33N5O2/c1-18-5-4-11-31(18)26-15-20-6-3-7-22(23(20)16-28-26)27-24-17-30(19(2)33)12-8-25(24)32(29-27)21-9-13-34-14-10-21/h3,6-7,15-16,18,21H,4-5,8-14,17H2,1-2H3/t18-/m1/s1. The molecule has 1 amide bonds. The average Bonchev–Trinajstić information content (AvgIpc) is 3.47. The van der Waals surface area contributed by atoms with Gasteiger partial charge in [0.05, 0.1) is 11.7 Å². The third-order valence-electron chi connectivity index (χ3n) is 7.92. The minimum Gasteiger partial charge on any atom is -0.381 e. The van der Waals surface area contributed by atoms with Crippen molar-refractivity contribution in [3.05, 3.63) is 41.7 Å². The van der Waals surface area contributed by atoms with Crippen molar-refractivity contribution < 1.29 is 9.53 Å². The van der Waals surface area contributed by atoms with Crippen molar-refractivity contribution in [2.24, 2.45) is 0 Å². The number of ether oxygens (including phenoxy) is 1. The number of hydrogen-bond donors (Lipinski definition) is 0. The molecule has 2 fully saturated rings. The molecule has 7 heteroatoms. The summed E-state index contributed by atoms with van der Waals surface area (Å²) in [5, 5.41) is 7.54. The number of pyridine rings is 1. The van der Waals surface area contributed by atoms with E-state index in [1.807, 2.05) is 11.1 Å². The SMILES string of the molecule is CC(=O)N1CCc2c(c(-c3cccc4cc(N5CCC[C@H]5C)ncc34)nn2C2CCOCC2)C1. The van der Waals surface area contributed by atoms with E-state index in [0.717, 1.165) is 68.0 Å². The van der Waals surface area contributed by atoms with Gasteiger partial charge >= 0.3 is 0 Å². The van der Waals surface area contributed by atoms with Crippen molar-refractivity contribution in [2.45, 2.75) is 64.6 Å². The molecular weight excluding hydrogens is 426 g/mol. The number of amides is 1. The minimum absolute atomic E-state index is 0.124. The van der Waals surface area contributed by atoms with Crippen LogP contribution in [0, 0.1) is 0 Å². The van der Waals surface area contributed by atoms with Crippen LogP contribution in [0.4, 0.5) is 5.82 Å². The lowest BCUT2D eigenvalue weighted by Crippen LogP contribution is -2.35. The van der Waals surface area contributed by atoms with Crippen LogP contribution in [0.1, 0.15) is 56.8 Å². The van der Waals surface area contributed by atoms with Gasteiger partial charge in [0.1, 0.15) is 5.82 Å². The number of anilines is 1. The Morgan fingerprint density at radius 1 is 1.15 bits per heavy atom. The Balaban J connectivity index is 1.46. The first kappa shape index (κ1) is 21.6. The Bertz CT molecular complexity index is 1230. The van der Waals surface area contributed by atoms with E-state index in [1.54, 1.807) is 6.92 Å². The van der Waals surface area contributed by atoms with Crippen LogP contribution in [-0.2, 0) is 22.5 Å². The van der Waals surface area contributed by atoms with E-state index >= 15 is 0 Å². The fraction of sp³-hybridized carbons (Fsp3) is 0.519. The number of nitrogens with zero attached hydrogens (tertiary/aromatic N) is 5. The average molecular weight is 460 g/mol. The zero-order valence-corrected chi connectivity index (χ0v) is 20.2. The fourth-order valence-corrected chi connectivity index (χ4v) is 5.96. The second-order valence-corrected chi connectivity index (χ2v) is 10.0. The first-order valence-electron chi connectivity index (χ1n) is 12.7. The predicted molar refractivity (Wildman–Crippen MR) is 133 cm³/mol. The maximum Gasteiger partial charge on any atom is 0.219 e. The van der Waals surface area contributed by atoms with Crippen LogP contribution in [0.15, 0.2) is 30.5 Å². The minimum atomic E-state index is 0.124. The van der Waals surface area contributed by atoms with E-state index in [0.29, 0.717) is 18.6 Å². The van der Waals surface area contributed by atoms with Gasteiger partial charge in [-0.25, -0.2) is 4.98 Å². The molecule has 2 saturated heterocycles. The van der Waals surface area contributed by atoms with Gasteiger partial charge < -0.3 is 14.5 Å². The molecule has 0 bridgehead atoms. The predicted octanol–water partition coefficient (Wildman–Crippen LogP) is 4.34. The van der Waals surface area contributed by atoms with Crippen LogP contribution in [0.25, 0.3) is 22.0 Å². The van der Waals surface area contributed by atoms with Crippen LogP contribution in [0.2, 0.25) is 0 Å². The maximum absolute atomic E-state index is 12.2. The maximum atomic E-state index is 12.2. The molecule has 34 heavy (non-hydrogen) atoms. The summed E-state index contributed by atoms with van der Waals surface area (Å²) >= 11 is 0. The zero-order valence-electron chi connectivity index (χ0n) is 20.2. The second-order valence-electron chi connectivity index (χ2n) is 10.0. The molecule has 1 aromatic carbocycles. The lowest BCUT2D eigenvalue weighted by Gasteiger charge is -2.29. The summed E-state index contributed by atoms with van der Waals surface area (Å²) in [6.07, 6.45) is 7.29. The molecule has 0 spiro atoms. The van der Waals surface area contributed by atoms with Crippen molar-refractivity contribution in [3.8, 4) is 11.3 Å². The normalized spacial score (nSPS) is 21.3. The van der Waals surface area contributed by atoms with Crippen LogP contribution in [0.3, 0.4) is 0 Å². The Hall–Kier alpha value is -2.93. The van der Waals surface area contributed by atoms with E-state index in [4.69, 9.17) is 14.8 Å². The Morgan fingerprint density at radius 2 is 2.00 bits per heavy atom. The summed E-state index contributed by atoms with van der Waals surface area (Å²) in [5.74, 6) is 1.19. The van der Waals surface area contributed by atoms with Crippen LogP contribution in [0.5, 0.6) is 0 Å². The Kier molecular flexibility index (Phi) is 5.52. The van der Waals surface area contributed by atoms with E-state index in [-0.39, 0.29) is 5.91 Å². The number of rotatable bonds is 3. The molecule has 2 aromatic heterocycles. The molecule has 1 atom stereocenters. The molecule has 0 unspecified atom stereocenters. The van der Waals surface area contributed by atoms with Crippen molar-refractivity contribution in [1.29, 1.82) is 0 Å². The number of hydrogen-bond acceptors (Lipinski definition) is 5. The Morgan fingerprint density at radius 3 is 2.76 bits per heavy atom. The number of carbonyl (C=O) groups is 1. The van der Waals surface area contributed by atoms with Crippen molar-refractivity contribution in [3.63, 3.8) is 0 Å². The number of aromatic nitrogens is 3. The number of fused-ring (bicyclic) bond motifs is 2. The van der Waals surface area contributed by atoms with Gasteiger partial charge in [0.15, 0.2) is 0 Å². The summed E-state index contributed by atoms with van der Waals surface area (Å²) in [6, 6.07) is 9.58. The van der Waals surface area contributed by atoms with Gasteiger partial charge in [-0.3, -0.25) is 9.48 Å². The molecule has 5 heterocycles. The van der Waals surface area contributed by atoms with E-state index in [2.05, 4.69) is 40.8 Å². The third kappa shape index (κ3) is 3.66. The lowest BCUT2D eigenvalue weighted by atomic mass is 9.97. The van der Waals surface area contributed by atoms with Gasteiger partial charge in [-0.05, 0) is 44.1 Å². The van der Waals surface area contributed by atoms with Gasteiger partial charge in [-0.15, -0.1) is 0 Å². The van der Waals surface area contributed by atoms with Gasteiger partial charge in [-0.2, -0.15) is 5.10 Å². The number of benzene rings is 1. The molecule has 0 aliphatic carbocycles. The monoisotopic (exact) mass is 459 g/mol. The first-order valence-corrected chi connectivity index (χ1v) is 12.7. The molecule has 0 saturated carbocycles. The summed E-state index contributed by atoms with van der Waals surface area (Å²) < 4.78 is 7.88. The van der Waals surface area contributed by atoms with E-state index in [9.17, 15) is 4.79 Å². The van der Waals surface area contributed by atoms with Gasteiger partial charge in [0.2, 0.25) is 5.91 Å². The quantitative estimate of drug-likeness (QED) is 0.583. The van der Waals surface area contributed by atoms with Crippen LogP contribution in [-0.4, -0.2) is 57.9 Å². The highest BCUT2D eigenvalue weighted by atomic mass is 16.5. The van der Waals surface area contributed by atoms with Crippen molar-refractivity contribution in [2.75, 3.05) is 31.2 Å². The summed E-state index contributed by atoms with van der Waals surface area (Å²) in [7, 11) is 0. The van der Waals surface area contributed by atoms with Gasteiger partial charge in [0.25, 0.3) is 0 Å². The molecule has 3 aliphatic rings. The highest BCUT2D eigenvalue weighted by Crippen LogP contribution is 2.37. The zero-order chi connectivity index (χ0) is 23.2. The highest BCUT2D eigenvalue weighted by Gasteiger charge is 2.31. The number of carbonyl (C=O) groups excluding carboxylic acids is 1. The van der Waals surface area contributed by atoms with Crippen molar-refractivity contribution >= 4 is 22.5 Å². The molecular formula is C27H33N5O2. The van der Waals surface area contributed by atoms with Gasteiger partial charge in [0, 0.05) is 80.6 Å². The molecule has 0 radical (unpaired) electrons. The lowest BCUT2D eigenvalue weighted by molar-refractivity contribution is -0.129. The van der Waals surface area contributed by atoms with Crippen LogP contribution >= 0.6 is 0 Å². The van der Waals surface area contributed by atoms with Crippen molar-refractivity contribution in [1.82, 2.24) is 19.7 Å². The first-order chi connectivity index (χ1) is 16.6. The summed E-state index contributed by atoms with van der Waals surface area (Å²) in [6.45, 7) is 7.96. The van der Waals surface area contributed by atoms with Gasteiger partial charge in [-0.1, -0.05) is 18.2 Å². The molecule has 6 rings (SSSR count). The molecule has 7 nitrogen and oxygen atoms in total. The largest absolute Gasteiger partial charge is 0.381 e. The van der Waals surface area contributed by atoms with Crippen LogP contribution < -0.4 is 4.90 Å². The van der Waals surface area contributed by atoms with E-state index in [1.165, 1.54) is 29.5 Å². The summed E-state index contributed by atoms with van der Waals surface area (Å²) in [4.78, 5) is 21.5. The smallest absolute Gasteiger partial charge is 0.219 e. The fourth-order valence-electron chi connectivity index (χ4n) is 5.96. The molecule has 3 aliphatic heterocycles. The molecule has 0 N–H and O–H groups in total.